The van der Waals surface area contributed by atoms with E-state index in [4.69, 9.17) is 10.5 Å². The fraction of sp³-hybridized carbons (Fsp3) is 0.450. The van der Waals surface area contributed by atoms with Gasteiger partial charge in [0.1, 0.15) is 0 Å². The van der Waals surface area contributed by atoms with Gasteiger partial charge in [-0.15, -0.1) is 0 Å². The second-order valence-corrected chi connectivity index (χ2v) is 6.02. The van der Waals surface area contributed by atoms with E-state index in [0.717, 1.165) is 55.0 Å². The molecule has 24 heavy (non-hydrogen) atoms. The van der Waals surface area contributed by atoms with E-state index in [1.54, 1.807) is 0 Å². The fourth-order valence-electron chi connectivity index (χ4n) is 3.38. The molecule has 0 radical (unpaired) electrons. The number of aromatic nitrogens is 1. The Morgan fingerprint density at radius 3 is 2.50 bits per heavy atom. The van der Waals surface area contributed by atoms with Crippen LogP contribution >= 0.6 is 0 Å². The van der Waals surface area contributed by atoms with Gasteiger partial charge in [0, 0.05) is 36.7 Å². The van der Waals surface area contributed by atoms with E-state index in [0.29, 0.717) is 5.56 Å². The first kappa shape index (κ1) is 18.3. The van der Waals surface area contributed by atoms with Gasteiger partial charge in [0.05, 0.1) is 5.56 Å². The van der Waals surface area contributed by atoms with Gasteiger partial charge in [-0.05, 0) is 44.7 Å². The van der Waals surface area contributed by atoms with Crippen LogP contribution in [0.25, 0.3) is 11.1 Å². The molecule has 0 aliphatic rings. The number of carbonyl (C=O) groups is 1. The third-order valence-corrected chi connectivity index (χ3v) is 4.50. The van der Waals surface area contributed by atoms with Crippen LogP contribution in [0.15, 0.2) is 24.3 Å². The maximum Gasteiger partial charge on any atom is 0.251 e. The average molecular weight is 328 g/mol. The Hall–Kier alpha value is -2.07. The molecule has 2 N–H and O–H groups in total. The van der Waals surface area contributed by atoms with E-state index in [9.17, 15) is 4.79 Å². The lowest BCUT2D eigenvalue weighted by molar-refractivity contribution is 0.1000. The van der Waals surface area contributed by atoms with Crippen LogP contribution in [0.2, 0.25) is 0 Å². The molecule has 0 aliphatic heterocycles. The smallest absolute Gasteiger partial charge is 0.251 e. The van der Waals surface area contributed by atoms with Crippen molar-refractivity contribution in [1.82, 2.24) is 4.57 Å². The molecule has 0 atom stereocenters. The van der Waals surface area contributed by atoms with Gasteiger partial charge in [-0.3, -0.25) is 4.79 Å². The van der Waals surface area contributed by atoms with Gasteiger partial charge in [0.2, 0.25) is 0 Å². The Morgan fingerprint density at radius 2 is 1.92 bits per heavy atom. The second kappa shape index (κ2) is 8.15. The van der Waals surface area contributed by atoms with Crippen molar-refractivity contribution in [3.63, 3.8) is 0 Å². The summed E-state index contributed by atoms with van der Waals surface area (Å²) >= 11 is 0. The minimum absolute atomic E-state index is 0.357. The predicted octanol–water partition coefficient (Wildman–Crippen LogP) is 3.86. The van der Waals surface area contributed by atoms with Crippen molar-refractivity contribution >= 4 is 5.91 Å². The summed E-state index contributed by atoms with van der Waals surface area (Å²) in [6.45, 7) is 10.5. The predicted molar refractivity (Wildman–Crippen MR) is 98.3 cm³/mol. The van der Waals surface area contributed by atoms with Crippen LogP contribution in [-0.2, 0) is 17.7 Å². The lowest BCUT2D eigenvalue weighted by atomic mass is 9.95. The summed E-state index contributed by atoms with van der Waals surface area (Å²) in [5.74, 6) is -0.357. The largest absolute Gasteiger partial charge is 0.382 e. The van der Waals surface area contributed by atoms with Crippen LogP contribution in [0.4, 0.5) is 0 Å². The number of rotatable bonds is 8. The first-order chi connectivity index (χ1) is 11.5. The number of nitrogens with two attached hydrogens (primary N) is 1. The zero-order valence-electron chi connectivity index (χ0n) is 15.2. The minimum Gasteiger partial charge on any atom is -0.382 e. The monoisotopic (exact) mass is 328 g/mol. The van der Waals surface area contributed by atoms with Crippen molar-refractivity contribution in [3.05, 3.63) is 46.8 Å². The van der Waals surface area contributed by atoms with Crippen molar-refractivity contribution < 1.29 is 9.53 Å². The SMILES string of the molecule is CCOCCCn1c(C)c(C(N)=O)c(-c2ccccc2C)c1CC. The molecule has 0 bridgehead atoms. The molecule has 0 fully saturated rings. The van der Waals surface area contributed by atoms with Crippen LogP contribution < -0.4 is 5.73 Å². The van der Waals surface area contributed by atoms with Crippen molar-refractivity contribution in [3.8, 4) is 11.1 Å². The molecule has 4 nitrogen and oxygen atoms in total. The maximum absolute atomic E-state index is 12.2. The molecule has 4 heteroatoms. The summed E-state index contributed by atoms with van der Waals surface area (Å²) in [4.78, 5) is 12.2. The fourth-order valence-corrected chi connectivity index (χ4v) is 3.38. The van der Waals surface area contributed by atoms with Gasteiger partial charge in [-0.1, -0.05) is 31.2 Å². The van der Waals surface area contributed by atoms with Gasteiger partial charge in [0.15, 0.2) is 0 Å². The molecule has 0 aliphatic carbocycles. The highest BCUT2D eigenvalue weighted by atomic mass is 16.5. The van der Waals surface area contributed by atoms with Gasteiger partial charge in [0.25, 0.3) is 5.91 Å². The summed E-state index contributed by atoms with van der Waals surface area (Å²) in [5.41, 5.74) is 11.8. The highest BCUT2D eigenvalue weighted by molar-refractivity contribution is 6.02. The lowest BCUT2D eigenvalue weighted by Gasteiger charge is -2.12. The number of hydrogen-bond donors (Lipinski definition) is 1. The molecule has 0 spiro atoms. The zero-order valence-corrected chi connectivity index (χ0v) is 15.2. The first-order valence-corrected chi connectivity index (χ1v) is 8.68. The van der Waals surface area contributed by atoms with Gasteiger partial charge in [-0.2, -0.15) is 0 Å². The number of nitrogens with zero attached hydrogens (tertiary/aromatic N) is 1. The molecule has 0 saturated carbocycles. The number of carbonyl (C=O) groups excluding carboxylic acids is 1. The van der Waals surface area contributed by atoms with Crippen LogP contribution in [0, 0.1) is 13.8 Å². The summed E-state index contributed by atoms with van der Waals surface area (Å²) < 4.78 is 7.69. The molecule has 1 aromatic heterocycles. The Balaban J connectivity index is 2.56. The summed E-state index contributed by atoms with van der Waals surface area (Å²) in [5, 5.41) is 0. The molecular formula is C20H28N2O2. The molecule has 2 rings (SSSR count). The quantitative estimate of drug-likeness (QED) is 0.748. The number of ether oxygens (including phenoxy) is 1. The third kappa shape index (κ3) is 3.54. The van der Waals surface area contributed by atoms with Crippen LogP contribution in [0.5, 0.6) is 0 Å². The van der Waals surface area contributed by atoms with Gasteiger partial charge >= 0.3 is 0 Å². The van der Waals surface area contributed by atoms with E-state index in [-0.39, 0.29) is 5.91 Å². The lowest BCUT2D eigenvalue weighted by Crippen LogP contribution is -2.14. The Kier molecular flexibility index (Phi) is 6.21. The zero-order chi connectivity index (χ0) is 17.7. The Morgan fingerprint density at radius 1 is 1.21 bits per heavy atom. The van der Waals surface area contributed by atoms with E-state index in [2.05, 4.69) is 30.5 Å². The highest BCUT2D eigenvalue weighted by Crippen LogP contribution is 2.35. The minimum atomic E-state index is -0.357. The Labute approximate surface area is 144 Å². The van der Waals surface area contributed by atoms with Crippen molar-refractivity contribution in [1.29, 1.82) is 0 Å². The number of aryl methyl sites for hydroxylation is 1. The first-order valence-electron chi connectivity index (χ1n) is 8.68. The van der Waals surface area contributed by atoms with E-state index in [1.165, 1.54) is 5.69 Å². The normalized spacial score (nSPS) is 11.0. The second-order valence-electron chi connectivity index (χ2n) is 6.02. The van der Waals surface area contributed by atoms with Crippen LogP contribution in [0.3, 0.4) is 0 Å². The van der Waals surface area contributed by atoms with Crippen molar-refractivity contribution in [2.24, 2.45) is 5.73 Å². The molecule has 0 saturated heterocycles. The molecule has 1 aromatic carbocycles. The van der Waals surface area contributed by atoms with Gasteiger partial charge in [-0.25, -0.2) is 0 Å². The third-order valence-electron chi connectivity index (χ3n) is 4.50. The number of hydrogen-bond acceptors (Lipinski definition) is 2. The molecule has 1 heterocycles. The maximum atomic E-state index is 12.2. The summed E-state index contributed by atoms with van der Waals surface area (Å²) in [6, 6.07) is 8.16. The number of amides is 1. The highest BCUT2D eigenvalue weighted by Gasteiger charge is 2.24. The van der Waals surface area contributed by atoms with Crippen molar-refractivity contribution in [2.75, 3.05) is 13.2 Å². The molecule has 1 amide bonds. The van der Waals surface area contributed by atoms with Crippen LogP contribution in [-0.4, -0.2) is 23.7 Å². The van der Waals surface area contributed by atoms with Crippen LogP contribution in [0.1, 0.15) is 47.6 Å². The molecular weight excluding hydrogens is 300 g/mol. The van der Waals surface area contributed by atoms with E-state index < -0.39 is 0 Å². The summed E-state index contributed by atoms with van der Waals surface area (Å²) in [7, 11) is 0. The number of primary amides is 1. The average Bonchev–Trinajstić information content (AvgIpc) is 2.84. The van der Waals surface area contributed by atoms with Gasteiger partial charge < -0.3 is 15.0 Å². The van der Waals surface area contributed by atoms with Crippen molar-refractivity contribution in [2.45, 2.75) is 47.1 Å². The topological polar surface area (TPSA) is 57.2 Å². The summed E-state index contributed by atoms with van der Waals surface area (Å²) in [6.07, 6.45) is 1.77. The Bertz CT molecular complexity index is 717. The van der Waals surface area contributed by atoms with E-state index >= 15 is 0 Å². The molecule has 130 valence electrons. The molecule has 0 unspecified atom stereocenters. The number of benzene rings is 1. The van der Waals surface area contributed by atoms with E-state index in [1.807, 2.05) is 26.0 Å². The standard InChI is InChI=1S/C20H28N2O2/c1-5-17-19(16-11-8-7-10-14(16)3)18(20(21)23)15(4)22(17)12-9-13-24-6-2/h7-8,10-11H,5-6,9,12-13H2,1-4H3,(H2,21,23). The molecule has 2 aromatic rings.